The Hall–Kier alpha value is -3.12. The molecule has 0 aromatic carbocycles. The zero-order chi connectivity index (χ0) is 16.1. The fourth-order valence-electron chi connectivity index (χ4n) is 1.01. The highest BCUT2D eigenvalue weighted by Crippen LogP contribution is 2.01. The van der Waals surface area contributed by atoms with Crippen LogP contribution in [0.3, 0.4) is 0 Å². The number of esters is 3. The normalized spacial score (nSPS) is 8.86. The first-order valence-corrected chi connectivity index (χ1v) is 5.65. The van der Waals surface area contributed by atoms with Gasteiger partial charge in [0.2, 0.25) is 0 Å². The van der Waals surface area contributed by atoms with E-state index in [9.17, 15) is 14.4 Å². The fourth-order valence-corrected chi connectivity index (χ4v) is 1.01. The van der Waals surface area contributed by atoms with Gasteiger partial charge in [0.25, 0.3) is 0 Å². The number of carbonyl (C=O) groups excluding carboxylic acids is 3. The number of rotatable bonds is 8. The zero-order valence-corrected chi connectivity index (χ0v) is 10.9. The number of ether oxygens (including phenoxy) is 3. The summed E-state index contributed by atoms with van der Waals surface area (Å²) >= 11 is 0. The number of hydrogen-bond donors (Lipinski definition) is 0. The topological polar surface area (TPSA) is 150 Å². The van der Waals surface area contributed by atoms with Crippen molar-refractivity contribution < 1.29 is 28.6 Å². The van der Waals surface area contributed by atoms with E-state index in [1.54, 1.807) is 18.2 Å². The van der Waals surface area contributed by atoms with Crippen LogP contribution >= 0.6 is 0 Å². The summed E-state index contributed by atoms with van der Waals surface area (Å²) in [7, 11) is 0. The molecule has 9 heteroatoms. The molecule has 0 N–H and O–H groups in total. The largest absolute Gasteiger partial charge is 0.461 e. The van der Waals surface area contributed by atoms with E-state index in [1.807, 2.05) is 0 Å². The lowest BCUT2D eigenvalue weighted by atomic mass is 10.3. The molecule has 0 radical (unpaired) electrons. The first-order chi connectivity index (χ1) is 10.0. The Kier molecular flexibility index (Phi) is 9.17. The first-order valence-electron chi connectivity index (χ1n) is 5.65. The molecule has 9 nitrogen and oxygen atoms in total. The van der Waals surface area contributed by atoms with Crippen molar-refractivity contribution >= 4 is 17.9 Å². The highest BCUT2D eigenvalue weighted by atomic mass is 16.6. The van der Waals surface area contributed by atoms with Gasteiger partial charge in [-0.1, -0.05) is 0 Å². The monoisotopic (exact) mass is 293 g/mol. The SMILES string of the molecule is N#CCC(=O)OCC(COC(=O)CC#N)OC(=O)CC#N. The van der Waals surface area contributed by atoms with Crippen LogP contribution < -0.4 is 0 Å². The van der Waals surface area contributed by atoms with Crippen LogP contribution in [0.25, 0.3) is 0 Å². The van der Waals surface area contributed by atoms with E-state index in [0.717, 1.165) is 0 Å². The van der Waals surface area contributed by atoms with E-state index in [1.165, 1.54) is 0 Å². The van der Waals surface area contributed by atoms with Crippen LogP contribution in [-0.4, -0.2) is 37.2 Å². The van der Waals surface area contributed by atoms with Crippen molar-refractivity contribution in [3.8, 4) is 18.2 Å². The second-order valence-corrected chi connectivity index (χ2v) is 3.48. The third kappa shape index (κ3) is 9.46. The molecule has 0 saturated carbocycles. The van der Waals surface area contributed by atoms with Crippen molar-refractivity contribution in [3.63, 3.8) is 0 Å². The van der Waals surface area contributed by atoms with Crippen molar-refractivity contribution in [2.45, 2.75) is 25.4 Å². The molecule has 0 aromatic rings. The Morgan fingerprint density at radius 3 is 1.52 bits per heavy atom. The number of nitriles is 3. The molecule has 0 atom stereocenters. The van der Waals surface area contributed by atoms with Crippen LogP contribution in [-0.2, 0) is 28.6 Å². The molecule has 0 unspecified atom stereocenters. The van der Waals surface area contributed by atoms with E-state index in [2.05, 4.69) is 9.47 Å². The van der Waals surface area contributed by atoms with Crippen molar-refractivity contribution in [2.75, 3.05) is 13.2 Å². The minimum Gasteiger partial charge on any atom is -0.461 e. The molecule has 0 rings (SSSR count). The molecule has 0 aliphatic heterocycles. The number of hydrogen-bond acceptors (Lipinski definition) is 9. The van der Waals surface area contributed by atoms with E-state index < -0.39 is 56.5 Å². The predicted molar refractivity (Wildman–Crippen MR) is 62.5 cm³/mol. The second kappa shape index (κ2) is 10.8. The molecule has 0 fully saturated rings. The Morgan fingerprint density at radius 1 is 0.762 bits per heavy atom. The Morgan fingerprint density at radius 2 is 1.14 bits per heavy atom. The quantitative estimate of drug-likeness (QED) is 0.434. The van der Waals surface area contributed by atoms with Crippen LogP contribution in [0.5, 0.6) is 0 Å². The van der Waals surface area contributed by atoms with Gasteiger partial charge in [-0.15, -0.1) is 0 Å². The molecule has 0 saturated heterocycles. The molecule has 0 aliphatic rings. The molecule has 0 spiro atoms. The number of nitrogens with zero attached hydrogens (tertiary/aromatic N) is 3. The molecule has 0 heterocycles. The molecular formula is C12H11N3O6. The Balaban J connectivity index is 4.41. The fraction of sp³-hybridized carbons (Fsp3) is 0.500. The van der Waals surface area contributed by atoms with Gasteiger partial charge in [0, 0.05) is 0 Å². The third-order valence-electron chi connectivity index (χ3n) is 1.83. The van der Waals surface area contributed by atoms with Crippen LogP contribution in [0, 0.1) is 34.0 Å². The molecule has 0 bridgehead atoms. The lowest BCUT2D eigenvalue weighted by molar-refractivity contribution is -0.165. The smallest absolute Gasteiger partial charge is 0.320 e. The van der Waals surface area contributed by atoms with Gasteiger partial charge >= 0.3 is 17.9 Å². The summed E-state index contributed by atoms with van der Waals surface area (Å²) in [6.07, 6.45) is -2.59. The van der Waals surface area contributed by atoms with Crippen LogP contribution in [0.15, 0.2) is 0 Å². The summed E-state index contributed by atoms with van der Waals surface area (Å²) in [5.74, 6) is -2.54. The van der Waals surface area contributed by atoms with Gasteiger partial charge in [-0.05, 0) is 0 Å². The van der Waals surface area contributed by atoms with E-state index in [-0.39, 0.29) is 0 Å². The molecule has 0 aliphatic carbocycles. The average Bonchev–Trinajstić information content (AvgIpc) is 2.42. The molecule has 0 aromatic heterocycles. The standard InChI is InChI=1S/C12H11N3O6/c13-4-1-10(16)19-7-9(21-12(18)3-6-15)8-20-11(17)2-5-14/h9H,1-3,7-8H2. The molecular weight excluding hydrogens is 282 g/mol. The predicted octanol–water partition coefficient (Wildman–Crippen LogP) is -0.274. The Bertz CT molecular complexity index is 479. The minimum absolute atomic E-state index is 0.433. The maximum Gasteiger partial charge on any atom is 0.320 e. The highest BCUT2D eigenvalue weighted by Gasteiger charge is 2.19. The summed E-state index contributed by atoms with van der Waals surface area (Å²) in [6.45, 7) is -0.866. The maximum absolute atomic E-state index is 11.2. The van der Waals surface area contributed by atoms with Crippen LogP contribution in [0.4, 0.5) is 0 Å². The van der Waals surface area contributed by atoms with E-state index in [4.69, 9.17) is 20.5 Å². The summed E-state index contributed by atoms with van der Waals surface area (Å²) in [5, 5.41) is 24.9. The van der Waals surface area contributed by atoms with Gasteiger partial charge in [0.1, 0.15) is 32.5 Å². The van der Waals surface area contributed by atoms with Crippen molar-refractivity contribution in [1.29, 1.82) is 15.8 Å². The molecule has 21 heavy (non-hydrogen) atoms. The van der Waals surface area contributed by atoms with Gasteiger partial charge in [-0.2, -0.15) is 15.8 Å². The van der Waals surface area contributed by atoms with E-state index in [0.29, 0.717) is 0 Å². The van der Waals surface area contributed by atoms with Crippen molar-refractivity contribution in [3.05, 3.63) is 0 Å². The number of carbonyl (C=O) groups is 3. The summed E-state index contributed by atoms with van der Waals surface area (Å²) in [4.78, 5) is 33.2. The zero-order valence-electron chi connectivity index (χ0n) is 10.9. The van der Waals surface area contributed by atoms with E-state index >= 15 is 0 Å². The summed E-state index contributed by atoms with van der Waals surface area (Å²) in [5.41, 5.74) is 0. The third-order valence-corrected chi connectivity index (χ3v) is 1.83. The maximum atomic E-state index is 11.2. The lowest BCUT2D eigenvalue weighted by Crippen LogP contribution is -2.30. The average molecular weight is 293 g/mol. The van der Waals surface area contributed by atoms with Crippen LogP contribution in [0.1, 0.15) is 19.3 Å². The second-order valence-electron chi connectivity index (χ2n) is 3.48. The summed E-state index contributed by atoms with van der Waals surface area (Å²) < 4.78 is 14.0. The minimum atomic E-state index is -1.11. The molecule has 110 valence electrons. The van der Waals surface area contributed by atoms with Gasteiger partial charge in [0.05, 0.1) is 18.2 Å². The lowest BCUT2D eigenvalue weighted by Gasteiger charge is -2.16. The van der Waals surface area contributed by atoms with Crippen molar-refractivity contribution in [2.24, 2.45) is 0 Å². The first kappa shape index (κ1) is 17.9. The van der Waals surface area contributed by atoms with Gasteiger partial charge in [0.15, 0.2) is 6.10 Å². The highest BCUT2D eigenvalue weighted by molar-refractivity contribution is 5.73. The van der Waals surface area contributed by atoms with Crippen molar-refractivity contribution in [1.82, 2.24) is 0 Å². The Labute approximate surface area is 120 Å². The molecule has 0 amide bonds. The van der Waals surface area contributed by atoms with Crippen LogP contribution in [0.2, 0.25) is 0 Å². The van der Waals surface area contributed by atoms with Gasteiger partial charge < -0.3 is 14.2 Å². The van der Waals surface area contributed by atoms with Gasteiger partial charge in [-0.3, -0.25) is 14.4 Å². The van der Waals surface area contributed by atoms with Gasteiger partial charge in [-0.25, -0.2) is 0 Å². The summed E-state index contributed by atoms with van der Waals surface area (Å²) in [6, 6.07) is 4.71.